The van der Waals surface area contributed by atoms with Crippen molar-refractivity contribution >= 4 is 5.91 Å². The van der Waals surface area contributed by atoms with Crippen LogP contribution in [0.4, 0.5) is 0 Å². The van der Waals surface area contributed by atoms with E-state index >= 15 is 0 Å². The average Bonchev–Trinajstić information content (AvgIpc) is 2.92. The molecule has 0 N–H and O–H groups in total. The number of hydrogen-bond acceptors (Lipinski definition) is 3. The fourth-order valence-corrected chi connectivity index (χ4v) is 4.16. The molecule has 0 aliphatic carbocycles. The van der Waals surface area contributed by atoms with Gasteiger partial charge in [-0.2, -0.15) is 0 Å². The summed E-state index contributed by atoms with van der Waals surface area (Å²) in [4.78, 5) is 21.6. The molecular weight excluding hydrogens is 312 g/mol. The van der Waals surface area contributed by atoms with Crippen molar-refractivity contribution < 1.29 is 4.79 Å². The normalized spacial score (nSPS) is 20.6. The van der Waals surface area contributed by atoms with Crippen molar-refractivity contribution in [2.45, 2.75) is 70.8 Å². The molecule has 25 heavy (non-hydrogen) atoms. The summed E-state index contributed by atoms with van der Waals surface area (Å²) >= 11 is 0. The summed E-state index contributed by atoms with van der Waals surface area (Å²) in [7, 11) is 0. The Morgan fingerprint density at radius 2 is 1.84 bits per heavy atom. The third-order valence-electron chi connectivity index (χ3n) is 5.77. The van der Waals surface area contributed by atoms with Crippen LogP contribution in [0, 0.1) is 0 Å². The highest BCUT2D eigenvalue weighted by Gasteiger charge is 2.26. The Morgan fingerprint density at radius 3 is 2.52 bits per heavy atom. The van der Waals surface area contributed by atoms with E-state index in [-0.39, 0.29) is 0 Å². The predicted octanol–water partition coefficient (Wildman–Crippen LogP) is 3.27. The van der Waals surface area contributed by atoms with Crippen LogP contribution in [0.25, 0.3) is 0 Å². The molecule has 2 aliphatic heterocycles. The highest BCUT2D eigenvalue weighted by atomic mass is 16.2. The van der Waals surface area contributed by atoms with Crippen LogP contribution in [0.2, 0.25) is 0 Å². The maximum Gasteiger partial charge on any atom is 0.236 e. The van der Waals surface area contributed by atoms with E-state index < -0.39 is 0 Å². The second-order valence-electron chi connectivity index (χ2n) is 7.68. The minimum absolute atomic E-state index is 0.338. The van der Waals surface area contributed by atoms with Crippen LogP contribution < -0.4 is 0 Å². The molecule has 3 rings (SSSR count). The molecule has 3 heterocycles. The minimum Gasteiger partial charge on any atom is -0.342 e. The molecule has 1 amide bonds. The second-order valence-corrected chi connectivity index (χ2v) is 7.68. The van der Waals surface area contributed by atoms with Gasteiger partial charge in [-0.15, -0.1) is 0 Å². The number of likely N-dealkylation sites (tertiary alicyclic amines) is 2. The van der Waals surface area contributed by atoms with Crippen LogP contribution in [-0.4, -0.2) is 58.0 Å². The number of piperidine rings is 1. The van der Waals surface area contributed by atoms with Gasteiger partial charge in [-0.25, -0.2) is 4.98 Å². The zero-order chi connectivity index (χ0) is 17.5. The van der Waals surface area contributed by atoms with Gasteiger partial charge in [0, 0.05) is 37.9 Å². The number of amides is 1. The maximum atomic E-state index is 12.6. The van der Waals surface area contributed by atoms with Crippen LogP contribution in [0.1, 0.15) is 70.0 Å². The van der Waals surface area contributed by atoms with Gasteiger partial charge in [0.2, 0.25) is 5.91 Å². The van der Waals surface area contributed by atoms with Crippen LogP contribution >= 0.6 is 0 Å². The molecule has 0 unspecified atom stereocenters. The topological polar surface area (TPSA) is 41.4 Å². The van der Waals surface area contributed by atoms with Crippen molar-refractivity contribution in [2.24, 2.45) is 0 Å². The summed E-state index contributed by atoms with van der Waals surface area (Å²) in [6, 6.07) is 0. The number of hydrogen-bond donors (Lipinski definition) is 0. The third-order valence-corrected chi connectivity index (χ3v) is 5.77. The van der Waals surface area contributed by atoms with E-state index in [1.807, 2.05) is 6.20 Å². The Balaban J connectivity index is 1.47. The Labute approximate surface area is 152 Å². The molecule has 2 fully saturated rings. The van der Waals surface area contributed by atoms with E-state index in [2.05, 4.69) is 32.5 Å². The first kappa shape index (κ1) is 18.4. The lowest BCUT2D eigenvalue weighted by Crippen LogP contribution is -2.43. The standard InChI is InChI=1S/C20H34N4O/c1-2-3-11-24-16-10-21-20(24)18-8-14-22(15-9-18)17-19(25)23-12-6-4-5-7-13-23/h10,16,18H,2-9,11-15,17H2,1H3. The van der Waals surface area contributed by atoms with E-state index in [0.29, 0.717) is 18.4 Å². The number of aryl methyl sites for hydroxylation is 1. The summed E-state index contributed by atoms with van der Waals surface area (Å²) in [5, 5.41) is 0. The van der Waals surface area contributed by atoms with Crippen LogP contribution in [0.5, 0.6) is 0 Å². The van der Waals surface area contributed by atoms with Crippen LogP contribution in [0.3, 0.4) is 0 Å². The molecule has 5 nitrogen and oxygen atoms in total. The van der Waals surface area contributed by atoms with Crippen molar-refractivity contribution in [3.05, 3.63) is 18.2 Å². The number of rotatable bonds is 6. The first-order valence-electron chi connectivity index (χ1n) is 10.3. The summed E-state index contributed by atoms with van der Waals surface area (Å²) in [5.74, 6) is 2.15. The molecule has 0 atom stereocenters. The maximum absolute atomic E-state index is 12.6. The van der Waals surface area contributed by atoms with Crippen molar-refractivity contribution in [1.82, 2.24) is 19.4 Å². The first-order valence-corrected chi connectivity index (χ1v) is 10.3. The number of carbonyl (C=O) groups is 1. The summed E-state index contributed by atoms with van der Waals surface area (Å²) < 4.78 is 2.34. The molecule has 140 valence electrons. The van der Waals surface area contributed by atoms with Gasteiger partial charge < -0.3 is 9.47 Å². The molecule has 0 radical (unpaired) electrons. The smallest absolute Gasteiger partial charge is 0.236 e. The summed E-state index contributed by atoms with van der Waals surface area (Å²) in [6.45, 7) is 7.89. The van der Waals surface area contributed by atoms with Gasteiger partial charge in [0.15, 0.2) is 0 Å². The van der Waals surface area contributed by atoms with E-state index in [4.69, 9.17) is 0 Å². The van der Waals surface area contributed by atoms with Crippen molar-refractivity contribution in [3.8, 4) is 0 Å². The number of nitrogens with zero attached hydrogens (tertiary/aromatic N) is 4. The number of aromatic nitrogens is 2. The fraction of sp³-hybridized carbons (Fsp3) is 0.800. The summed E-state index contributed by atoms with van der Waals surface area (Å²) in [6.07, 6.45) is 13.6. The first-order chi connectivity index (χ1) is 12.3. The molecule has 1 aromatic rings. The quantitative estimate of drug-likeness (QED) is 0.794. The predicted molar refractivity (Wildman–Crippen MR) is 101 cm³/mol. The zero-order valence-corrected chi connectivity index (χ0v) is 15.8. The lowest BCUT2D eigenvalue weighted by atomic mass is 9.96. The number of imidazole rings is 1. The van der Waals surface area contributed by atoms with Gasteiger partial charge in [-0.3, -0.25) is 9.69 Å². The molecule has 2 saturated heterocycles. The van der Waals surface area contributed by atoms with Gasteiger partial charge in [0.05, 0.1) is 6.54 Å². The monoisotopic (exact) mass is 346 g/mol. The van der Waals surface area contributed by atoms with Gasteiger partial charge >= 0.3 is 0 Å². The van der Waals surface area contributed by atoms with Crippen molar-refractivity contribution in [2.75, 3.05) is 32.7 Å². The van der Waals surface area contributed by atoms with Crippen molar-refractivity contribution in [3.63, 3.8) is 0 Å². The summed E-state index contributed by atoms with van der Waals surface area (Å²) in [5.41, 5.74) is 0. The van der Waals surface area contributed by atoms with E-state index in [9.17, 15) is 4.79 Å². The molecule has 1 aromatic heterocycles. The van der Waals surface area contributed by atoms with Crippen LogP contribution in [0.15, 0.2) is 12.4 Å². The van der Waals surface area contributed by atoms with Gasteiger partial charge in [0.25, 0.3) is 0 Å². The average molecular weight is 347 g/mol. The SMILES string of the molecule is CCCCn1ccnc1C1CCN(CC(=O)N2CCCCCC2)CC1. The lowest BCUT2D eigenvalue weighted by molar-refractivity contribution is -0.132. The third kappa shape index (κ3) is 5.06. The molecular formula is C20H34N4O. The largest absolute Gasteiger partial charge is 0.342 e. The van der Waals surface area contributed by atoms with Crippen LogP contribution in [-0.2, 0) is 11.3 Å². The highest BCUT2D eigenvalue weighted by molar-refractivity contribution is 5.78. The highest BCUT2D eigenvalue weighted by Crippen LogP contribution is 2.27. The molecule has 0 saturated carbocycles. The Bertz CT molecular complexity index is 526. The van der Waals surface area contributed by atoms with Gasteiger partial charge in [-0.05, 0) is 45.2 Å². The Morgan fingerprint density at radius 1 is 1.12 bits per heavy atom. The Hall–Kier alpha value is -1.36. The van der Waals surface area contributed by atoms with Gasteiger partial charge in [0.1, 0.15) is 5.82 Å². The number of carbonyl (C=O) groups excluding carboxylic acids is 1. The Kier molecular flexibility index (Phi) is 6.91. The van der Waals surface area contributed by atoms with Crippen molar-refractivity contribution in [1.29, 1.82) is 0 Å². The number of unbranched alkanes of at least 4 members (excludes halogenated alkanes) is 1. The lowest BCUT2D eigenvalue weighted by Gasteiger charge is -2.33. The van der Waals surface area contributed by atoms with E-state index in [0.717, 1.165) is 45.6 Å². The molecule has 0 spiro atoms. The molecule has 5 heteroatoms. The molecule has 0 aromatic carbocycles. The second kappa shape index (κ2) is 9.37. The fourth-order valence-electron chi connectivity index (χ4n) is 4.16. The molecule has 2 aliphatic rings. The van der Waals surface area contributed by atoms with E-state index in [1.165, 1.54) is 44.3 Å². The molecule has 0 bridgehead atoms. The minimum atomic E-state index is 0.338. The van der Waals surface area contributed by atoms with Gasteiger partial charge in [-0.1, -0.05) is 26.2 Å². The van der Waals surface area contributed by atoms with E-state index in [1.54, 1.807) is 0 Å². The zero-order valence-electron chi connectivity index (χ0n) is 15.8.